The van der Waals surface area contributed by atoms with Crippen LogP contribution in [0.1, 0.15) is 57.6 Å². The summed E-state index contributed by atoms with van der Waals surface area (Å²) in [5, 5.41) is 22.2. The summed E-state index contributed by atoms with van der Waals surface area (Å²) in [7, 11) is 3.42. The standard InChI is InChI=1S/C31H31N3O9S/c1-13-6-16-7-31(10-32)11-33(4)22(19(16)24(37)25(13)39-5)23-29-21-20(17(34(23)31)8-40-30(38)18(36)9-44-29)28-27(41-12-42-28)14(2)26(21)43-15(3)35/h6,17,22-23,29,37H,7-9,11-12H2,1-5H3/t17-,22+,23+,29+,31?/m0/s1. The Bertz CT molecular complexity index is 1700. The molecule has 6 atom stereocenters. The number of cyclic esters (lactones) is 1. The van der Waals surface area contributed by atoms with Crippen LogP contribution < -0.4 is 18.9 Å². The number of benzene rings is 2. The first-order chi connectivity index (χ1) is 21.0. The van der Waals surface area contributed by atoms with Gasteiger partial charge in [-0.25, -0.2) is 4.79 Å². The first-order valence-electron chi connectivity index (χ1n) is 14.3. The minimum atomic E-state index is -1.15. The van der Waals surface area contributed by atoms with Gasteiger partial charge in [0.05, 0.1) is 36.3 Å². The summed E-state index contributed by atoms with van der Waals surface area (Å²) < 4.78 is 29.1. The highest BCUT2D eigenvalue weighted by atomic mass is 32.2. The highest BCUT2D eigenvalue weighted by Gasteiger charge is 2.63. The normalized spacial score (nSPS) is 30.0. The molecule has 13 heteroatoms. The van der Waals surface area contributed by atoms with Crippen LogP contribution in [0.5, 0.6) is 28.7 Å². The Balaban J connectivity index is 1.59. The number of rotatable bonds is 2. The molecule has 8 rings (SSSR count). The summed E-state index contributed by atoms with van der Waals surface area (Å²) in [5.74, 6) is -0.906. The van der Waals surface area contributed by atoms with E-state index in [1.165, 1.54) is 25.8 Å². The van der Waals surface area contributed by atoms with Gasteiger partial charge in [-0.3, -0.25) is 19.4 Å². The van der Waals surface area contributed by atoms with Crippen molar-refractivity contribution in [3.8, 4) is 34.8 Å². The van der Waals surface area contributed by atoms with Crippen LogP contribution in [0.4, 0.5) is 0 Å². The third-order valence-electron chi connectivity index (χ3n) is 9.46. The zero-order valence-corrected chi connectivity index (χ0v) is 25.7. The van der Waals surface area contributed by atoms with Gasteiger partial charge in [-0.2, -0.15) is 5.26 Å². The molecule has 0 aromatic heterocycles. The summed E-state index contributed by atoms with van der Waals surface area (Å²) in [4.78, 5) is 42.4. The Morgan fingerprint density at radius 1 is 1.16 bits per heavy atom. The lowest BCUT2D eigenvalue weighted by molar-refractivity contribution is -0.157. The fraction of sp³-hybridized carbons (Fsp3) is 0.484. The van der Waals surface area contributed by atoms with E-state index in [4.69, 9.17) is 23.7 Å². The van der Waals surface area contributed by atoms with Gasteiger partial charge in [-0.1, -0.05) is 6.07 Å². The molecule has 6 aliphatic heterocycles. The Labute approximate surface area is 257 Å². The molecule has 2 aromatic rings. The maximum absolute atomic E-state index is 12.9. The van der Waals surface area contributed by atoms with Crippen molar-refractivity contribution >= 4 is 29.5 Å². The fourth-order valence-corrected chi connectivity index (χ4v) is 9.33. The molecular formula is C31H31N3O9S. The van der Waals surface area contributed by atoms with Crippen molar-refractivity contribution < 1.29 is 43.2 Å². The van der Waals surface area contributed by atoms with E-state index >= 15 is 0 Å². The molecule has 12 nitrogen and oxygen atoms in total. The number of piperazine rings is 1. The van der Waals surface area contributed by atoms with E-state index in [1.54, 1.807) is 6.92 Å². The largest absolute Gasteiger partial charge is 0.504 e. The molecule has 0 saturated carbocycles. The van der Waals surface area contributed by atoms with Crippen molar-refractivity contribution in [3.63, 3.8) is 0 Å². The number of esters is 2. The minimum Gasteiger partial charge on any atom is -0.504 e. The lowest BCUT2D eigenvalue weighted by Crippen LogP contribution is -2.69. The van der Waals surface area contributed by atoms with Crippen molar-refractivity contribution in [1.29, 1.82) is 5.26 Å². The number of thioether (sulfide) groups is 1. The maximum Gasteiger partial charge on any atom is 0.375 e. The average Bonchev–Trinajstić information content (AvgIpc) is 3.38. The summed E-state index contributed by atoms with van der Waals surface area (Å²) in [5.41, 5.74) is 2.82. The van der Waals surface area contributed by atoms with E-state index in [0.29, 0.717) is 46.0 Å². The van der Waals surface area contributed by atoms with Gasteiger partial charge < -0.3 is 28.8 Å². The van der Waals surface area contributed by atoms with Crippen LogP contribution in [-0.2, 0) is 25.5 Å². The number of likely N-dealkylation sites (N-methyl/N-ethyl adjacent to an activating group) is 1. The number of Topliss-reactive ketones (excluding diaryl/α,β-unsaturated/α-hetero) is 1. The van der Waals surface area contributed by atoms with Crippen molar-refractivity contribution in [1.82, 2.24) is 9.80 Å². The average molecular weight is 622 g/mol. The molecule has 2 fully saturated rings. The molecular weight excluding hydrogens is 590 g/mol. The molecule has 230 valence electrons. The van der Waals surface area contributed by atoms with Crippen LogP contribution in [0.2, 0.25) is 0 Å². The van der Waals surface area contributed by atoms with Gasteiger partial charge >= 0.3 is 11.9 Å². The molecule has 6 heterocycles. The van der Waals surface area contributed by atoms with Gasteiger partial charge in [-0.05, 0) is 32.0 Å². The summed E-state index contributed by atoms with van der Waals surface area (Å²) >= 11 is 1.22. The summed E-state index contributed by atoms with van der Waals surface area (Å²) in [6.45, 7) is 4.94. The Morgan fingerprint density at radius 2 is 1.91 bits per heavy atom. The Kier molecular flexibility index (Phi) is 6.55. The number of aromatic hydroxyl groups is 1. The quantitative estimate of drug-likeness (QED) is 0.298. The van der Waals surface area contributed by atoms with Gasteiger partial charge in [-0.15, -0.1) is 11.8 Å². The number of methoxy groups -OCH3 is 1. The van der Waals surface area contributed by atoms with E-state index in [2.05, 4.69) is 15.9 Å². The predicted molar refractivity (Wildman–Crippen MR) is 155 cm³/mol. The van der Waals surface area contributed by atoms with Gasteiger partial charge in [0.1, 0.15) is 17.9 Å². The first-order valence-corrected chi connectivity index (χ1v) is 15.3. The van der Waals surface area contributed by atoms with Gasteiger partial charge in [0.25, 0.3) is 0 Å². The predicted octanol–water partition coefficient (Wildman–Crippen LogP) is 2.80. The highest BCUT2D eigenvalue weighted by molar-refractivity contribution is 8.00. The number of carbonyl (C=O) groups excluding carboxylic acids is 3. The van der Waals surface area contributed by atoms with E-state index in [-0.39, 0.29) is 37.1 Å². The summed E-state index contributed by atoms with van der Waals surface area (Å²) in [6.07, 6.45) is 0.271. The smallest absolute Gasteiger partial charge is 0.375 e. The van der Waals surface area contributed by atoms with Crippen LogP contribution in [0.15, 0.2) is 6.07 Å². The minimum absolute atomic E-state index is 0.00212. The van der Waals surface area contributed by atoms with Crippen molar-refractivity contribution in [3.05, 3.63) is 39.4 Å². The maximum atomic E-state index is 12.9. The number of fused-ring (bicyclic) bond motifs is 6. The van der Waals surface area contributed by atoms with Gasteiger partial charge in [0.2, 0.25) is 12.6 Å². The third-order valence-corrected chi connectivity index (χ3v) is 10.8. The Morgan fingerprint density at radius 3 is 2.61 bits per heavy atom. The second kappa shape index (κ2) is 10.0. The number of carbonyl (C=O) groups is 3. The second-order valence-corrected chi connectivity index (χ2v) is 13.1. The zero-order chi connectivity index (χ0) is 31.2. The monoisotopic (exact) mass is 621 g/mol. The van der Waals surface area contributed by atoms with Crippen LogP contribution >= 0.6 is 11.8 Å². The van der Waals surface area contributed by atoms with Crippen molar-refractivity contribution in [2.45, 2.75) is 56.1 Å². The number of phenols is 1. The number of ketones is 1. The van der Waals surface area contributed by atoms with Crippen LogP contribution in [-0.4, -0.2) is 84.1 Å². The number of nitrogens with zero attached hydrogens (tertiary/aromatic N) is 3. The van der Waals surface area contributed by atoms with Crippen molar-refractivity contribution in [2.75, 3.05) is 39.9 Å². The van der Waals surface area contributed by atoms with Crippen LogP contribution in [0, 0.1) is 25.2 Å². The third kappa shape index (κ3) is 3.80. The van der Waals surface area contributed by atoms with E-state index < -0.39 is 46.6 Å². The summed E-state index contributed by atoms with van der Waals surface area (Å²) in [6, 6.07) is 2.77. The first kappa shape index (κ1) is 28.8. The fourth-order valence-electron chi connectivity index (χ4n) is 8.00. The molecule has 0 amide bonds. The van der Waals surface area contributed by atoms with Crippen molar-refractivity contribution in [2.24, 2.45) is 0 Å². The molecule has 0 spiro atoms. The van der Waals surface area contributed by atoms with E-state index in [1.807, 2.05) is 20.0 Å². The number of hydrogen-bond acceptors (Lipinski definition) is 13. The number of aryl methyl sites for hydroxylation is 1. The van der Waals surface area contributed by atoms with E-state index in [0.717, 1.165) is 11.1 Å². The molecule has 0 aliphatic carbocycles. The molecule has 0 radical (unpaired) electrons. The number of nitriles is 1. The van der Waals surface area contributed by atoms with Gasteiger partial charge in [0, 0.05) is 48.2 Å². The zero-order valence-electron chi connectivity index (χ0n) is 24.9. The lowest BCUT2D eigenvalue weighted by Gasteiger charge is -2.59. The second-order valence-electron chi connectivity index (χ2n) is 11.9. The molecule has 2 aromatic carbocycles. The topological polar surface area (TPSA) is 148 Å². The van der Waals surface area contributed by atoms with Crippen LogP contribution in [0.3, 0.4) is 0 Å². The van der Waals surface area contributed by atoms with Crippen LogP contribution in [0.25, 0.3) is 0 Å². The number of hydrogen-bond donors (Lipinski definition) is 1. The SMILES string of the molecule is COc1c(C)cc2c(c1O)[C@@H]1[C@@H]3[C@@H]4SCC(=O)C(=O)OC[C@@H](c5c6c(c(C)c(OC(C)=O)c54)OCO6)N3C(C#N)(C2)CN1C. The molecule has 4 bridgehead atoms. The number of phenolic OH excluding ortho intramolecular Hbond substituents is 1. The lowest BCUT2D eigenvalue weighted by atomic mass is 9.76. The molecule has 44 heavy (non-hydrogen) atoms. The highest BCUT2D eigenvalue weighted by Crippen LogP contribution is 2.65. The molecule has 6 aliphatic rings. The van der Waals surface area contributed by atoms with E-state index in [9.17, 15) is 24.8 Å². The molecule has 2 unspecified atom stereocenters. The van der Waals surface area contributed by atoms with Gasteiger partial charge in [0.15, 0.2) is 23.0 Å². The number of ether oxygens (including phenoxy) is 5. The molecule has 2 saturated heterocycles. The Hall–Kier alpha value is -3.99. The molecule has 1 N–H and O–H groups in total.